The van der Waals surface area contributed by atoms with Crippen molar-refractivity contribution < 1.29 is 14.0 Å². The summed E-state index contributed by atoms with van der Waals surface area (Å²) in [6, 6.07) is 0.354. The van der Waals surface area contributed by atoms with Gasteiger partial charge in [0.1, 0.15) is 0 Å². The van der Waals surface area contributed by atoms with Crippen LogP contribution in [0.25, 0.3) is 0 Å². The summed E-state index contributed by atoms with van der Waals surface area (Å²) in [5.74, 6) is 0. The van der Waals surface area contributed by atoms with Crippen molar-refractivity contribution in [3.63, 3.8) is 0 Å². The van der Waals surface area contributed by atoms with Gasteiger partial charge in [-0.3, -0.25) is 0 Å². The maximum atomic E-state index is 5.96. The van der Waals surface area contributed by atoms with E-state index in [9.17, 15) is 0 Å². The van der Waals surface area contributed by atoms with Crippen LogP contribution in [0.1, 0.15) is 33.4 Å². The molecule has 0 atom stereocenters. The monoisotopic (exact) mass is 250 g/mol. The Morgan fingerprint density at radius 2 is 1.72 bits per heavy atom. The van der Waals surface area contributed by atoms with E-state index in [0.717, 1.165) is 11.2 Å². The second-order valence-electron chi connectivity index (χ2n) is 5.49. The van der Waals surface area contributed by atoms with Crippen LogP contribution >= 0.6 is 0 Å². The molecule has 0 radical (unpaired) electrons. The molecule has 0 bridgehead atoms. The number of aryl methyl sites for hydroxylation is 1. The highest BCUT2D eigenvalue weighted by Gasteiger charge is 2.52. The first-order valence-electron chi connectivity index (χ1n) is 6.00. The van der Waals surface area contributed by atoms with Crippen LogP contribution in [0, 0.1) is 6.92 Å². The Hall–Kier alpha value is -1.14. The SMILES string of the molecule is COc1ncc(B2OC(C)(C)C(C)(C)O2)c(C)n1. The second-order valence-corrected chi connectivity index (χ2v) is 5.49. The fourth-order valence-electron chi connectivity index (χ4n) is 1.75. The summed E-state index contributed by atoms with van der Waals surface area (Å²) in [6.45, 7) is 9.98. The number of methoxy groups -OCH3 is 1. The van der Waals surface area contributed by atoms with Crippen LogP contribution in [0.5, 0.6) is 6.01 Å². The second kappa shape index (κ2) is 4.21. The standard InChI is InChI=1S/C12H19BN2O3/c1-8-9(7-14-10(15-8)16-6)13-17-11(2,3)12(4,5)18-13/h7H,1-6H3. The zero-order valence-corrected chi connectivity index (χ0v) is 11.8. The Labute approximate surface area is 108 Å². The number of nitrogens with zero attached hydrogens (tertiary/aromatic N) is 2. The Bertz CT molecular complexity index is 447. The van der Waals surface area contributed by atoms with Crippen molar-refractivity contribution in [1.82, 2.24) is 9.97 Å². The molecule has 1 fully saturated rings. The highest BCUT2D eigenvalue weighted by Crippen LogP contribution is 2.36. The lowest BCUT2D eigenvalue weighted by Gasteiger charge is -2.32. The molecule has 6 heteroatoms. The third-order valence-corrected chi connectivity index (χ3v) is 3.68. The molecule has 1 aromatic heterocycles. The zero-order chi connectivity index (χ0) is 13.6. The minimum atomic E-state index is -0.430. The molecule has 2 heterocycles. The van der Waals surface area contributed by atoms with Crippen LogP contribution in [0.2, 0.25) is 0 Å². The Morgan fingerprint density at radius 1 is 1.17 bits per heavy atom. The fraction of sp³-hybridized carbons (Fsp3) is 0.667. The first kappa shape index (κ1) is 13.3. The van der Waals surface area contributed by atoms with Gasteiger partial charge in [0.2, 0.25) is 0 Å². The number of ether oxygens (including phenoxy) is 1. The molecule has 0 amide bonds. The van der Waals surface area contributed by atoms with Gasteiger partial charge in [-0.05, 0) is 34.6 Å². The third-order valence-electron chi connectivity index (χ3n) is 3.68. The Morgan fingerprint density at radius 3 is 2.17 bits per heavy atom. The molecule has 18 heavy (non-hydrogen) atoms. The average Bonchev–Trinajstić information content (AvgIpc) is 2.47. The molecule has 0 saturated carbocycles. The molecular weight excluding hydrogens is 231 g/mol. The van der Waals surface area contributed by atoms with Gasteiger partial charge in [0.05, 0.1) is 18.3 Å². The van der Waals surface area contributed by atoms with Crippen molar-refractivity contribution >= 4 is 12.6 Å². The largest absolute Gasteiger partial charge is 0.498 e. The molecule has 1 aromatic rings. The molecule has 5 nitrogen and oxygen atoms in total. The van der Waals surface area contributed by atoms with Crippen LogP contribution in [0.15, 0.2) is 6.20 Å². The smallest absolute Gasteiger partial charge is 0.467 e. The molecule has 1 aliphatic heterocycles. The summed E-state index contributed by atoms with van der Waals surface area (Å²) in [5.41, 5.74) is 0.934. The molecule has 1 saturated heterocycles. The molecule has 98 valence electrons. The lowest BCUT2D eigenvalue weighted by molar-refractivity contribution is 0.00578. The first-order valence-corrected chi connectivity index (χ1v) is 6.00. The molecule has 0 spiro atoms. The summed E-state index contributed by atoms with van der Waals surface area (Å²) in [7, 11) is 1.12. The molecular formula is C12H19BN2O3. The molecule has 0 aliphatic carbocycles. The zero-order valence-electron chi connectivity index (χ0n) is 11.8. The van der Waals surface area contributed by atoms with Crippen molar-refractivity contribution in [3.05, 3.63) is 11.9 Å². The van der Waals surface area contributed by atoms with Crippen molar-refractivity contribution in [3.8, 4) is 6.01 Å². The summed E-state index contributed by atoms with van der Waals surface area (Å²) in [4.78, 5) is 8.34. The van der Waals surface area contributed by atoms with Crippen LogP contribution in [-0.4, -0.2) is 35.4 Å². The number of aromatic nitrogens is 2. The molecule has 2 rings (SSSR count). The molecule has 0 N–H and O–H groups in total. The molecule has 1 aliphatic rings. The highest BCUT2D eigenvalue weighted by atomic mass is 16.7. The van der Waals surface area contributed by atoms with Crippen LogP contribution in [0.3, 0.4) is 0 Å². The van der Waals surface area contributed by atoms with Gasteiger partial charge >= 0.3 is 13.1 Å². The minimum absolute atomic E-state index is 0.354. The summed E-state index contributed by atoms with van der Waals surface area (Å²) in [5, 5.41) is 0. The normalized spacial score (nSPS) is 21.1. The van der Waals surface area contributed by atoms with Gasteiger partial charge < -0.3 is 14.0 Å². The summed E-state index contributed by atoms with van der Waals surface area (Å²) in [6.07, 6.45) is 1.70. The summed E-state index contributed by atoms with van der Waals surface area (Å²) < 4.78 is 16.9. The van der Waals surface area contributed by atoms with E-state index < -0.39 is 7.12 Å². The Kier molecular flexibility index (Phi) is 3.11. The maximum Gasteiger partial charge on any atom is 0.498 e. The lowest BCUT2D eigenvalue weighted by Crippen LogP contribution is -2.41. The van der Waals surface area contributed by atoms with Gasteiger partial charge in [-0.15, -0.1) is 0 Å². The van der Waals surface area contributed by atoms with Gasteiger partial charge in [0.25, 0.3) is 0 Å². The van der Waals surface area contributed by atoms with E-state index in [1.54, 1.807) is 13.3 Å². The van der Waals surface area contributed by atoms with Gasteiger partial charge in [-0.2, -0.15) is 0 Å². The van der Waals surface area contributed by atoms with Crippen LogP contribution in [0.4, 0.5) is 0 Å². The minimum Gasteiger partial charge on any atom is -0.467 e. The quantitative estimate of drug-likeness (QED) is 0.735. The van der Waals surface area contributed by atoms with E-state index in [1.807, 2.05) is 34.6 Å². The highest BCUT2D eigenvalue weighted by molar-refractivity contribution is 6.62. The summed E-state index contributed by atoms with van der Waals surface area (Å²) >= 11 is 0. The fourth-order valence-corrected chi connectivity index (χ4v) is 1.75. The average molecular weight is 250 g/mol. The maximum absolute atomic E-state index is 5.96. The van der Waals surface area contributed by atoms with E-state index in [1.165, 1.54) is 0 Å². The first-order chi connectivity index (χ1) is 8.27. The third kappa shape index (κ3) is 2.10. The Balaban J connectivity index is 2.30. The van der Waals surface area contributed by atoms with Crippen LogP contribution < -0.4 is 10.2 Å². The van der Waals surface area contributed by atoms with Crippen molar-refractivity contribution in [2.24, 2.45) is 0 Å². The molecule has 0 aromatic carbocycles. The van der Waals surface area contributed by atoms with E-state index in [2.05, 4.69) is 9.97 Å². The van der Waals surface area contributed by atoms with Crippen molar-refractivity contribution in [2.45, 2.75) is 45.8 Å². The lowest BCUT2D eigenvalue weighted by atomic mass is 9.79. The van der Waals surface area contributed by atoms with Gasteiger partial charge in [-0.1, -0.05) is 0 Å². The molecule has 0 unspecified atom stereocenters. The number of rotatable bonds is 2. The topological polar surface area (TPSA) is 53.5 Å². The predicted octanol–water partition coefficient (Wildman–Crippen LogP) is 1.09. The van der Waals surface area contributed by atoms with Gasteiger partial charge in [0.15, 0.2) is 0 Å². The number of hydrogen-bond acceptors (Lipinski definition) is 5. The van der Waals surface area contributed by atoms with Crippen molar-refractivity contribution in [2.75, 3.05) is 7.11 Å². The van der Waals surface area contributed by atoms with E-state index >= 15 is 0 Å². The van der Waals surface area contributed by atoms with Gasteiger partial charge in [0, 0.05) is 17.4 Å². The van der Waals surface area contributed by atoms with E-state index in [-0.39, 0.29) is 11.2 Å². The van der Waals surface area contributed by atoms with Gasteiger partial charge in [-0.25, -0.2) is 9.97 Å². The van der Waals surface area contributed by atoms with Crippen molar-refractivity contribution in [1.29, 1.82) is 0 Å². The predicted molar refractivity (Wildman–Crippen MR) is 69.0 cm³/mol. The van der Waals surface area contributed by atoms with E-state index in [4.69, 9.17) is 14.0 Å². The number of hydrogen-bond donors (Lipinski definition) is 0. The van der Waals surface area contributed by atoms with E-state index in [0.29, 0.717) is 6.01 Å². The van der Waals surface area contributed by atoms with Crippen LogP contribution in [-0.2, 0) is 9.31 Å².